The Bertz CT molecular complexity index is 490. The van der Waals surface area contributed by atoms with E-state index in [1.807, 2.05) is 5.38 Å². The molecular weight excluding hydrogens is 226 g/mol. The van der Waals surface area contributed by atoms with Gasteiger partial charge < -0.3 is 9.72 Å². The number of esters is 1. The standard InChI is InChI=1S/C10H11N3O2S/c1-3-15-10(14)8-6(2)12-9(13-8)7-4-16-5-11-7/h4-5H,3H2,1-2H3,(H,12,13). The van der Waals surface area contributed by atoms with E-state index in [9.17, 15) is 4.79 Å². The van der Waals surface area contributed by atoms with E-state index in [0.29, 0.717) is 23.8 Å². The molecule has 0 amide bonds. The summed E-state index contributed by atoms with van der Waals surface area (Å²) in [5.41, 5.74) is 3.48. The number of nitrogens with one attached hydrogen (secondary N) is 1. The molecule has 2 heterocycles. The predicted octanol–water partition coefficient (Wildman–Crippen LogP) is 2.02. The molecule has 0 saturated heterocycles. The maximum absolute atomic E-state index is 11.5. The van der Waals surface area contributed by atoms with Gasteiger partial charge in [-0.05, 0) is 13.8 Å². The number of hydrogen-bond donors (Lipinski definition) is 1. The van der Waals surface area contributed by atoms with Gasteiger partial charge in [0.1, 0.15) is 5.69 Å². The number of rotatable bonds is 3. The Morgan fingerprint density at radius 1 is 1.62 bits per heavy atom. The lowest BCUT2D eigenvalue weighted by Gasteiger charge is -1.97. The van der Waals surface area contributed by atoms with Crippen LogP contribution < -0.4 is 0 Å². The van der Waals surface area contributed by atoms with Crippen LogP contribution in [0, 0.1) is 6.92 Å². The molecule has 2 rings (SSSR count). The molecule has 1 N–H and O–H groups in total. The topological polar surface area (TPSA) is 67.9 Å². The highest BCUT2D eigenvalue weighted by Gasteiger charge is 2.17. The molecular formula is C10H11N3O2S. The molecule has 16 heavy (non-hydrogen) atoms. The van der Waals surface area contributed by atoms with Crippen LogP contribution in [0.2, 0.25) is 0 Å². The summed E-state index contributed by atoms with van der Waals surface area (Å²) >= 11 is 1.48. The number of ether oxygens (including phenoxy) is 1. The highest BCUT2D eigenvalue weighted by Crippen LogP contribution is 2.18. The van der Waals surface area contributed by atoms with E-state index in [1.165, 1.54) is 11.3 Å². The summed E-state index contributed by atoms with van der Waals surface area (Å²) in [6.07, 6.45) is 0. The van der Waals surface area contributed by atoms with Crippen LogP contribution in [0.25, 0.3) is 11.5 Å². The summed E-state index contributed by atoms with van der Waals surface area (Å²) in [6.45, 7) is 3.90. The summed E-state index contributed by atoms with van der Waals surface area (Å²) in [6, 6.07) is 0. The van der Waals surface area contributed by atoms with E-state index in [-0.39, 0.29) is 0 Å². The molecule has 6 heteroatoms. The number of carbonyl (C=O) groups excluding carboxylic acids is 1. The fourth-order valence-corrected chi connectivity index (χ4v) is 1.85. The zero-order valence-corrected chi connectivity index (χ0v) is 9.80. The van der Waals surface area contributed by atoms with Crippen LogP contribution in [-0.4, -0.2) is 27.5 Å². The summed E-state index contributed by atoms with van der Waals surface area (Å²) in [4.78, 5) is 22.8. The Morgan fingerprint density at radius 2 is 2.44 bits per heavy atom. The van der Waals surface area contributed by atoms with Crippen LogP contribution in [0.3, 0.4) is 0 Å². The van der Waals surface area contributed by atoms with Crippen molar-refractivity contribution in [1.29, 1.82) is 0 Å². The third kappa shape index (κ3) is 1.96. The molecule has 2 aromatic heterocycles. The molecule has 0 spiro atoms. The van der Waals surface area contributed by atoms with Gasteiger partial charge in [-0.3, -0.25) is 0 Å². The zero-order valence-electron chi connectivity index (χ0n) is 8.98. The van der Waals surface area contributed by atoms with E-state index < -0.39 is 5.97 Å². The minimum Gasteiger partial charge on any atom is -0.461 e. The van der Waals surface area contributed by atoms with Crippen molar-refractivity contribution in [3.05, 3.63) is 22.3 Å². The SMILES string of the molecule is CCOC(=O)c1nc(-c2cscn2)[nH]c1C. The van der Waals surface area contributed by atoms with Gasteiger partial charge in [0.25, 0.3) is 0 Å². The van der Waals surface area contributed by atoms with Crippen molar-refractivity contribution in [2.24, 2.45) is 0 Å². The summed E-state index contributed by atoms with van der Waals surface area (Å²) in [7, 11) is 0. The minimum atomic E-state index is -0.405. The predicted molar refractivity (Wildman–Crippen MR) is 60.4 cm³/mol. The van der Waals surface area contributed by atoms with Crippen molar-refractivity contribution in [3.63, 3.8) is 0 Å². The summed E-state index contributed by atoms with van der Waals surface area (Å²) < 4.78 is 4.90. The average molecular weight is 237 g/mol. The zero-order chi connectivity index (χ0) is 11.5. The molecule has 0 aliphatic heterocycles. The number of aromatic nitrogens is 3. The molecule has 84 valence electrons. The van der Waals surface area contributed by atoms with Crippen LogP contribution in [0.4, 0.5) is 0 Å². The Balaban J connectivity index is 2.32. The average Bonchev–Trinajstić information content (AvgIpc) is 2.86. The molecule has 0 atom stereocenters. The lowest BCUT2D eigenvalue weighted by Crippen LogP contribution is -2.06. The molecule has 0 aliphatic rings. The Kier molecular flexibility index (Phi) is 3.00. The van der Waals surface area contributed by atoms with Gasteiger partial charge >= 0.3 is 5.97 Å². The van der Waals surface area contributed by atoms with Crippen molar-refractivity contribution in [2.75, 3.05) is 6.61 Å². The molecule has 0 bridgehead atoms. The summed E-state index contributed by atoms with van der Waals surface area (Å²) in [5, 5.41) is 1.87. The van der Waals surface area contributed by atoms with E-state index in [1.54, 1.807) is 19.4 Å². The molecule has 0 unspecified atom stereocenters. The van der Waals surface area contributed by atoms with Crippen LogP contribution in [0.15, 0.2) is 10.9 Å². The maximum Gasteiger partial charge on any atom is 0.358 e. The first-order valence-electron chi connectivity index (χ1n) is 4.84. The second-order valence-corrected chi connectivity index (χ2v) is 3.87. The van der Waals surface area contributed by atoms with Gasteiger partial charge in [-0.25, -0.2) is 14.8 Å². The lowest BCUT2D eigenvalue weighted by atomic mass is 10.3. The number of aromatic amines is 1. The largest absolute Gasteiger partial charge is 0.461 e. The molecule has 0 aliphatic carbocycles. The lowest BCUT2D eigenvalue weighted by molar-refractivity contribution is 0.0519. The number of thiazole rings is 1. The van der Waals surface area contributed by atoms with E-state index in [0.717, 1.165) is 5.69 Å². The van der Waals surface area contributed by atoms with E-state index in [2.05, 4.69) is 15.0 Å². The van der Waals surface area contributed by atoms with Gasteiger partial charge in [-0.2, -0.15) is 0 Å². The molecule has 0 aromatic carbocycles. The van der Waals surface area contributed by atoms with Crippen molar-refractivity contribution in [1.82, 2.24) is 15.0 Å². The van der Waals surface area contributed by atoms with Gasteiger partial charge in [0, 0.05) is 11.1 Å². The Labute approximate surface area is 96.5 Å². The number of imidazole rings is 1. The number of aryl methyl sites for hydroxylation is 1. The summed E-state index contributed by atoms with van der Waals surface area (Å²) in [5.74, 6) is 0.194. The molecule has 0 radical (unpaired) electrons. The Morgan fingerprint density at radius 3 is 3.06 bits per heavy atom. The van der Waals surface area contributed by atoms with E-state index >= 15 is 0 Å². The number of H-pyrrole nitrogens is 1. The number of hydrogen-bond acceptors (Lipinski definition) is 5. The van der Waals surface area contributed by atoms with Crippen molar-refractivity contribution in [3.8, 4) is 11.5 Å². The molecule has 2 aromatic rings. The quantitative estimate of drug-likeness (QED) is 0.829. The minimum absolute atomic E-state index is 0.324. The Hall–Kier alpha value is -1.69. The number of carbonyl (C=O) groups is 1. The van der Waals surface area contributed by atoms with Crippen LogP contribution in [0.5, 0.6) is 0 Å². The van der Waals surface area contributed by atoms with Gasteiger partial charge in [0.2, 0.25) is 0 Å². The van der Waals surface area contributed by atoms with Crippen molar-refractivity contribution >= 4 is 17.3 Å². The third-order valence-corrected chi connectivity index (χ3v) is 2.61. The smallest absolute Gasteiger partial charge is 0.358 e. The second kappa shape index (κ2) is 4.44. The highest BCUT2D eigenvalue weighted by molar-refractivity contribution is 7.07. The third-order valence-electron chi connectivity index (χ3n) is 2.03. The monoisotopic (exact) mass is 237 g/mol. The highest BCUT2D eigenvalue weighted by atomic mass is 32.1. The number of nitrogens with zero attached hydrogens (tertiary/aromatic N) is 2. The fraction of sp³-hybridized carbons (Fsp3) is 0.300. The van der Waals surface area contributed by atoms with Gasteiger partial charge in [0.15, 0.2) is 11.5 Å². The van der Waals surface area contributed by atoms with Gasteiger partial charge in [0.05, 0.1) is 12.1 Å². The normalized spacial score (nSPS) is 10.4. The van der Waals surface area contributed by atoms with Crippen molar-refractivity contribution < 1.29 is 9.53 Å². The van der Waals surface area contributed by atoms with Crippen LogP contribution in [-0.2, 0) is 4.74 Å². The first-order chi connectivity index (χ1) is 7.72. The maximum atomic E-state index is 11.5. The van der Waals surface area contributed by atoms with Gasteiger partial charge in [-0.15, -0.1) is 11.3 Å². The van der Waals surface area contributed by atoms with Crippen LogP contribution >= 0.6 is 11.3 Å². The molecule has 0 fully saturated rings. The van der Waals surface area contributed by atoms with E-state index in [4.69, 9.17) is 4.74 Å². The molecule has 5 nitrogen and oxygen atoms in total. The van der Waals surface area contributed by atoms with Crippen molar-refractivity contribution in [2.45, 2.75) is 13.8 Å². The fourth-order valence-electron chi connectivity index (χ4n) is 1.31. The first-order valence-corrected chi connectivity index (χ1v) is 5.79. The molecule has 0 saturated carbocycles. The first kappa shape index (κ1) is 10.8. The van der Waals surface area contributed by atoms with Gasteiger partial charge in [-0.1, -0.05) is 0 Å². The second-order valence-electron chi connectivity index (χ2n) is 3.15. The van der Waals surface area contributed by atoms with Crippen LogP contribution in [0.1, 0.15) is 23.1 Å².